The maximum atomic E-state index is 5.26. The van der Waals surface area contributed by atoms with E-state index in [1.807, 2.05) is 36.4 Å². The molecule has 128 valence electrons. The largest absolute Gasteiger partial charge is 0.354 e. The Kier molecular flexibility index (Phi) is 4.55. The molecule has 4 heterocycles. The third-order valence-corrected chi connectivity index (χ3v) is 3.62. The lowest BCUT2D eigenvalue weighted by molar-refractivity contribution is 0.381. The fraction of sp³-hybridized carbons (Fsp3) is 0.111. The molecule has 0 unspecified atom stereocenters. The van der Waals surface area contributed by atoms with Crippen molar-refractivity contribution in [1.82, 2.24) is 30.1 Å². The molecule has 0 saturated heterocycles. The van der Waals surface area contributed by atoms with Gasteiger partial charge in [-0.15, -0.1) is 0 Å². The van der Waals surface area contributed by atoms with Crippen molar-refractivity contribution in [3.8, 4) is 22.8 Å². The van der Waals surface area contributed by atoms with Crippen LogP contribution >= 0.6 is 0 Å². The van der Waals surface area contributed by atoms with Gasteiger partial charge in [0.05, 0.1) is 5.69 Å². The molecule has 0 saturated carbocycles. The maximum absolute atomic E-state index is 5.26. The second-order valence-electron chi connectivity index (χ2n) is 5.40. The molecule has 0 aliphatic heterocycles. The third-order valence-electron chi connectivity index (χ3n) is 3.62. The molecule has 4 rings (SSSR count). The summed E-state index contributed by atoms with van der Waals surface area (Å²) in [6.45, 7) is 0.573. The average molecular weight is 345 g/mol. The number of nitrogens with one attached hydrogen (secondary N) is 1. The zero-order chi connectivity index (χ0) is 17.6. The summed E-state index contributed by atoms with van der Waals surface area (Å²) in [4.78, 5) is 21.3. The van der Waals surface area contributed by atoms with Crippen molar-refractivity contribution in [2.75, 3.05) is 11.9 Å². The van der Waals surface area contributed by atoms with Gasteiger partial charge >= 0.3 is 0 Å². The van der Waals surface area contributed by atoms with Crippen LogP contribution in [0.15, 0.2) is 65.7 Å². The van der Waals surface area contributed by atoms with Crippen LogP contribution in [0.2, 0.25) is 0 Å². The second kappa shape index (κ2) is 7.47. The van der Waals surface area contributed by atoms with Gasteiger partial charge in [-0.2, -0.15) is 4.98 Å². The highest BCUT2D eigenvalue weighted by molar-refractivity contribution is 5.59. The number of nitrogens with zero attached hydrogens (tertiary/aromatic N) is 6. The van der Waals surface area contributed by atoms with E-state index in [-0.39, 0.29) is 0 Å². The quantitative estimate of drug-likeness (QED) is 0.569. The minimum absolute atomic E-state index is 0.483. The van der Waals surface area contributed by atoms with E-state index in [1.54, 1.807) is 24.8 Å². The Balaban J connectivity index is 1.38. The number of hydrogen-bond acceptors (Lipinski definition) is 8. The molecular weight excluding hydrogens is 330 g/mol. The van der Waals surface area contributed by atoms with E-state index in [0.717, 1.165) is 11.3 Å². The molecule has 0 aliphatic carbocycles. The van der Waals surface area contributed by atoms with E-state index in [0.29, 0.717) is 36.3 Å². The zero-order valence-corrected chi connectivity index (χ0v) is 13.8. The van der Waals surface area contributed by atoms with Crippen LogP contribution in [-0.2, 0) is 6.42 Å². The van der Waals surface area contributed by atoms with Crippen LogP contribution in [0.4, 0.5) is 5.95 Å². The van der Waals surface area contributed by atoms with Crippen molar-refractivity contribution >= 4 is 5.95 Å². The van der Waals surface area contributed by atoms with Gasteiger partial charge in [0, 0.05) is 43.3 Å². The second-order valence-corrected chi connectivity index (χ2v) is 5.40. The Morgan fingerprint density at radius 3 is 2.62 bits per heavy atom. The Bertz CT molecular complexity index is 973. The summed E-state index contributed by atoms with van der Waals surface area (Å²) in [6.07, 6.45) is 7.44. The molecule has 0 amide bonds. The topological polar surface area (TPSA) is 103 Å². The number of anilines is 1. The number of hydrogen-bond donors (Lipinski definition) is 1. The first kappa shape index (κ1) is 15.8. The van der Waals surface area contributed by atoms with Crippen molar-refractivity contribution in [2.45, 2.75) is 6.42 Å². The van der Waals surface area contributed by atoms with Crippen LogP contribution in [0.3, 0.4) is 0 Å². The summed E-state index contributed by atoms with van der Waals surface area (Å²) < 4.78 is 5.26. The fourth-order valence-corrected chi connectivity index (χ4v) is 2.36. The lowest BCUT2D eigenvalue weighted by atomic mass is 10.2. The van der Waals surface area contributed by atoms with E-state index in [2.05, 4.69) is 35.4 Å². The molecule has 0 fully saturated rings. The molecule has 1 N–H and O–H groups in total. The zero-order valence-electron chi connectivity index (χ0n) is 13.8. The van der Waals surface area contributed by atoms with E-state index in [1.165, 1.54) is 0 Å². The molecule has 0 atom stereocenters. The summed E-state index contributed by atoms with van der Waals surface area (Å²) in [5.41, 5.74) is 2.51. The Morgan fingerprint density at radius 1 is 0.846 bits per heavy atom. The van der Waals surface area contributed by atoms with E-state index in [9.17, 15) is 0 Å². The van der Waals surface area contributed by atoms with Gasteiger partial charge in [-0.3, -0.25) is 9.97 Å². The lowest BCUT2D eigenvalue weighted by Gasteiger charge is -2.05. The Hall–Kier alpha value is -3.68. The standard InChI is InChI=1S/C18H15N7O/c1-2-8-20-15(3-1)17-24-16(26-25-17)7-12-22-18-21-11-6-14(23-18)13-4-9-19-10-5-13/h1-6,8-11H,7,12H2,(H,21,22,23). The van der Waals surface area contributed by atoms with Gasteiger partial charge in [0.25, 0.3) is 0 Å². The van der Waals surface area contributed by atoms with E-state index >= 15 is 0 Å². The van der Waals surface area contributed by atoms with Gasteiger partial charge in [0.15, 0.2) is 0 Å². The summed E-state index contributed by atoms with van der Waals surface area (Å²) in [6, 6.07) is 11.2. The minimum Gasteiger partial charge on any atom is -0.354 e. The summed E-state index contributed by atoms with van der Waals surface area (Å²) in [5, 5.41) is 7.12. The van der Waals surface area contributed by atoms with Gasteiger partial charge < -0.3 is 9.84 Å². The van der Waals surface area contributed by atoms with Crippen LogP contribution in [0.5, 0.6) is 0 Å². The van der Waals surface area contributed by atoms with Gasteiger partial charge in [0.2, 0.25) is 17.7 Å². The van der Waals surface area contributed by atoms with Crippen molar-refractivity contribution < 1.29 is 4.52 Å². The van der Waals surface area contributed by atoms with Crippen molar-refractivity contribution in [1.29, 1.82) is 0 Å². The summed E-state index contributed by atoms with van der Waals surface area (Å²) >= 11 is 0. The average Bonchev–Trinajstić information content (AvgIpc) is 3.19. The normalized spacial score (nSPS) is 10.6. The molecule has 0 aromatic carbocycles. The van der Waals surface area contributed by atoms with Crippen LogP contribution in [0.1, 0.15) is 5.89 Å². The summed E-state index contributed by atoms with van der Waals surface area (Å²) in [5.74, 6) is 1.56. The minimum atomic E-state index is 0.483. The van der Waals surface area contributed by atoms with Crippen LogP contribution < -0.4 is 5.32 Å². The Morgan fingerprint density at radius 2 is 1.77 bits per heavy atom. The van der Waals surface area contributed by atoms with E-state index < -0.39 is 0 Å². The molecule has 4 aromatic rings. The maximum Gasteiger partial charge on any atom is 0.228 e. The molecule has 0 bridgehead atoms. The molecule has 4 aromatic heterocycles. The first-order chi connectivity index (χ1) is 12.9. The summed E-state index contributed by atoms with van der Waals surface area (Å²) in [7, 11) is 0. The molecule has 0 aliphatic rings. The molecular formula is C18H15N7O. The van der Waals surface area contributed by atoms with Crippen LogP contribution in [-0.4, -0.2) is 36.6 Å². The number of pyridine rings is 2. The van der Waals surface area contributed by atoms with Crippen LogP contribution in [0, 0.1) is 0 Å². The highest BCUT2D eigenvalue weighted by Crippen LogP contribution is 2.16. The van der Waals surface area contributed by atoms with Crippen molar-refractivity contribution in [3.63, 3.8) is 0 Å². The monoisotopic (exact) mass is 345 g/mol. The molecule has 26 heavy (non-hydrogen) atoms. The number of rotatable bonds is 6. The molecule has 0 radical (unpaired) electrons. The van der Waals surface area contributed by atoms with Crippen molar-refractivity contribution in [3.05, 3.63) is 67.1 Å². The van der Waals surface area contributed by atoms with E-state index in [4.69, 9.17) is 4.52 Å². The van der Waals surface area contributed by atoms with Gasteiger partial charge in [-0.05, 0) is 30.3 Å². The third kappa shape index (κ3) is 3.69. The Labute approximate surface area is 149 Å². The molecule has 0 spiro atoms. The molecule has 8 heteroatoms. The van der Waals surface area contributed by atoms with Gasteiger partial charge in [0.1, 0.15) is 5.69 Å². The first-order valence-electron chi connectivity index (χ1n) is 8.10. The van der Waals surface area contributed by atoms with Gasteiger partial charge in [-0.1, -0.05) is 11.2 Å². The van der Waals surface area contributed by atoms with Gasteiger partial charge in [-0.25, -0.2) is 9.97 Å². The SMILES string of the molecule is c1ccc(-c2noc(CCNc3nccc(-c4ccncc4)n3)n2)nc1. The predicted octanol–water partition coefficient (Wildman–Crippen LogP) is 2.64. The van der Waals surface area contributed by atoms with Crippen molar-refractivity contribution in [2.24, 2.45) is 0 Å². The molecule has 8 nitrogen and oxygen atoms in total. The highest BCUT2D eigenvalue weighted by atomic mass is 16.5. The lowest BCUT2D eigenvalue weighted by Crippen LogP contribution is -2.08. The highest BCUT2D eigenvalue weighted by Gasteiger charge is 2.09. The van der Waals surface area contributed by atoms with Crippen LogP contribution in [0.25, 0.3) is 22.8 Å². The smallest absolute Gasteiger partial charge is 0.228 e. The first-order valence-corrected chi connectivity index (χ1v) is 8.10. The predicted molar refractivity (Wildman–Crippen MR) is 95.0 cm³/mol. The fourth-order valence-electron chi connectivity index (χ4n) is 2.36. The number of aromatic nitrogens is 6.